The molecule has 0 bridgehead atoms. The van der Waals surface area contributed by atoms with E-state index in [9.17, 15) is 0 Å². The first kappa shape index (κ1) is 53.2. The fraction of sp³-hybridized carbons (Fsp3) is 0.0222. The molecule has 16 aromatic rings. The largest absolute Gasteiger partial charge is 0.310 e. The van der Waals surface area contributed by atoms with Gasteiger partial charge in [-0.05, 0) is 194 Å². The average molecular weight is 1170 g/mol. The molecule has 0 heterocycles. The normalized spacial score (nSPS) is 13.2. The third-order valence-electron chi connectivity index (χ3n) is 19.9. The van der Waals surface area contributed by atoms with Gasteiger partial charge in [0.1, 0.15) is 0 Å². The lowest BCUT2D eigenvalue weighted by molar-refractivity contribution is 0.771. The van der Waals surface area contributed by atoms with Crippen molar-refractivity contribution in [3.05, 3.63) is 408 Å². The van der Waals surface area contributed by atoms with Crippen LogP contribution in [0.25, 0.3) is 76.5 Å². The summed E-state index contributed by atoms with van der Waals surface area (Å²) in [5, 5.41) is 10.2. The molecule has 0 amide bonds. The second kappa shape index (κ2) is 21.4. The molecular formula is C90H60N2. The molecule has 0 saturated heterocycles. The van der Waals surface area contributed by atoms with Gasteiger partial charge in [-0.1, -0.05) is 291 Å². The fourth-order valence-corrected chi connectivity index (χ4v) is 15.9. The van der Waals surface area contributed by atoms with Crippen LogP contribution in [0.2, 0.25) is 0 Å². The van der Waals surface area contributed by atoms with E-state index in [1.54, 1.807) is 0 Å². The molecule has 0 atom stereocenters. The Morgan fingerprint density at radius 1 is 0.163 bits per heavy atom. The zero-order valence-electron chi connectivity index (χ0n) is 50.5. The zero-order chi connectivity index (χ0) is 60.7. The van der Waals surface area contributed by atoms with Crippen LogP contribution in [0.5, 0.6) is 0 Å². The van der Waals surface area contributed by atoms with E-state index in [0.29, 0.717) is 0 Å². The number of rotatable bonds is 13. The molecule has 2 nitrogen and oxygen atoms in total. The Morgan fingerprint density at radius 3 is 0.707 bits per heavy atom. The predicted molar refractivity (Wildman–Crippen MR) is 386 cm³/mol. The summed E-state index contributed by atoms with van der Waals surface area (Å²) in [7, 11) is 0. The average Bonchev–Trinajstić information content (AvgIpc) is 1.53. The van der Waals surface area contributed by atoms with Gasteiger partial charge in [-0.15, -0.1) is 0 Å². The Hall–Kier alpha value is -11.8. The Morgan fingerprint density at radius 2 is 0.413 bits per heavy atom. The lowest BCUT2D eigenvalue weighted by Crippen LogP contribution is -2.29. The highest BCUT2D eigenvalue weighted by molar-refractivity contribution is 6.19. The Balaban J connectivity index is 0.773. The van der Waals surface area contributed by atoms with E-state index in [-0.39, 0.29) is 0 Å². The first-order valence-electron chi connectivity index (χ1n) is 32.0. The van der Waals surface area contributed by atoms with Crippen LogP contribution >= 0.6 is 0 Å². The molecule has 0 N–H and O–H groups in total. The highest BCUT2D eigenvalue weighted by Gasteiger charge is 2.47. The zero-order valence-corrected chi connectivity index (χ0v) is 50.5. The van der Waals surface area contributed by atoms with Crippen molar-refractivity contribution in [2.24, 2.45) is 0 Å². The van der Waals surface area contributed by atoms with E-state index in [0.717, 1.165) is 45.3 Å². The summed E-state index contributed by atoms with van der Waals surface area (Å²) in [6, 6.07) is 135. The van der Waals surface area contributed by atoms with E-state index in [2.05, 4.69) is 374 Å². The van der Waals surface area contributed by atoms with Crippen molar-refractivity contribution in [2.75, 3.05) is 9.80 Å². The monoisotopic (exact) mass is 1170 g/mol. The summed E-state index contributed by atoms with van der Waals surface area (Å²) in [5.74, 6) is 0. The Labute approximate surface area is 536 Å². The summed E-state index contributed by atoms with van der Waals surface area (Å²) in [6.45, 7) is 0. The van der Waals surface area contributed by atoms with Crippen molar-refractivity contribution in [2.45, 2.75) is 10.8 Å². The molecule has 430 valence electrons. The van der Waals surface area contributed by atoms with Gasteiger partial charge in [0, 0.05) is 34.1 Å². The van der Waals surface area contributed by atoms with Crippen molar-refractivity contribution < 1.29 is 0 Å². The number of hydrogen-bond donors (Lipinski definition) is 0. The maximum absolute atomic E-state index is 2.49. The number of anilines is 6. The smallest absolute Gasteiger partial charge is 0.0714 e. The third kappa shape index (κ3) is 8.20. The highest BCUT2D eigenvalue weighted by atomic mass is 15.1. The number of hydrogen-bond acceptors (Lipinski definition) is 2. The maximum atomic E-state index is 2.49. The summed E-state index contributed by atoms with van der Waals surface area (Å²) in [6.07, 6.45) is 0. The second-order valence-electron chi connectivity index (χ2n) is 24.7. The molecule has 0 saturated carbocycles. The van der Waals surface area contributed by atoms with E-state index in [1.807, 2.05) is 0 Å². The van der Waals surface area contributed by atoms with Gasteiger partial charge in [0.15, 0.2) is 0 Å². The van der Waals surface area contributed by atoms with Crippen LogP contribution in [0.15, 0.2) is 364 Å². The number of benzene rings is 16. The van der Waals surface area contributed by atoms with Crippen LogP contribution in [0.1, 0.15) is 44.5 Å². The van der Waals surface area contributed by atoms with Crippen LogP contribution in [-0.4, -0.2) is 0 Å². The fourth-order valence-electron chi connectivity index (χ4n) is 15.9. The van der Waals surface area contributed by atoms with Gasteiger partial charge >= 0.3 is 0 Å². The quantitative estimate of drug-likeness (QED) is 0.106. The van der Waals surface area contributed by atoms with Crippen LogP contribution in [0.3, 0.4) is 0 Å². The molecule has 0 aliphatic heterocycles. The molecule has 0 spiro atoms. The summed E-state index contributed by atoms with van der Waals surface area (Å²) < 4.78 is 0. The van der Waals surface area contributed by atoms with Crippen LogP contribution in [0, 0.1) is 0 Å². The molecule has 16 aromatic carbocycles. The van der Waals surface area contributed by atoms with Gasteiger partial charge in [0.2, 0.25) is 0 Å². The maximum Gasteiger partial charge on any atom is 0.0714 e. The molecule has 0 aromatic heterocycles. The van der Waals surface area contributed by atoms with Gasteiger partial charge in [-0.2, -0.15) is 0 Å². The molecule has 18 rings (SSSR count). The van der Waals surface area contributed by atoms with E-state index in [4.69, 9.17) is 0 Å². The number of nitrogens with zero attached hydrogens (tertiary/aromatic N) is 2. The van der Waals surface area contributed by atoms with Gasteiger partial charge < -0.3 is 9.80 Å². The first-order chi connectivity index (χ1) is 45.6. The summed E-state index contributed by atoms with van der Waals surface area (Å²) in [5.41, 5.74) is 22.6. The van der Waals surface area contributed by atoms with E-state index >= 15 is 0 Å². The van der Waals surface area contributed by atoms with Gasteiger partial charge in [-0.3, -0.25) is 0 Å². The van der Waals surface area contributed by atoms with Gasteiger partial charge in [0.25, 0.3) is 0 Å². The molecule has 2 aliphatic carbocycles. The van der Waals surface area contributed by atoms with Crippen molar-refractivity contribution in [3.63, 3.8) is 0 Å². The van der Waals surface area contributed by atoms with Crippen molar-refractivity contribution in [1.82, 2.24) is 0 Å². The van der Waals surface area contributed by atoms with Crippen molar-refractivity contribution >= 4 is 77.2 Å². The predicted octanol–water partition coefficient (Wildman–Crippen LogP) is 23.6. The first-order valence-corrected chi connectivity index (χ1v) is 32.0. The third-order valence-corrected chi connectivity index (χ3v) is 19.9. The lowest BCUT2D eigenvalue weighted by atomic mass is 9.67. The van der Waals surface area contributed by atoms with Gasteiger partial charge in [0.05, 0.1) is 10.8 Å². The minimum absolute atomic E-state index is 0.557. The molecule has 0 radical (unpaired) electrons. The van der Waals surface area contributed by atoms with Crippen LogP contribution in [0.4, 0.5) is 34.1 Å². The van der Waals surface area contributed by atoms with Gasteiger partial charge in [-0.25, -0.2) is 0 Å². The lowest BCUT2D eigenvalue weighted by Gasteiger charge is -2.35. The van der Waals surface area contributed by atoms with Crippen LogP contribution < -0.4 is 9.80 Å². The summed E-state index contributed by atoms with van der Waals surface area (Å²) in [4.78, 5) is 4.91. The SMILES string of the molecule is c1ccc(-c2ccc(N(c3ccc(-c4ccc(N(c5ccc(-c6ccccc6)cc5)c5cc6c7c(ccc8cccc(c87)C6(c6ccccc6)c6ccccc6)c5)cc4)cc3)c3cc4c5c(ccc6cccc(c65)C4(c4ccccc4)c4ccccc4)c3)cc2)cc1. The van der Waals surface area contributed by atoms with E-state index in [1.165, 1.54) is 110 Å². The molecule has 2 aliphatic rings. The molecular weight excluding hydrogens is 1110 g/mol. The minimum atomic E-state index is -0.557. The molecule has 2 heteroatoms. The summed E-state index contributed by atoms with van der Waals surface area (Å²) >= 11 is 0. The Kier molecular flexibility index (Phi) is 12.4. The second-order valence-corrected chi connectivity index (χ2v) is 24.7. The van der Waals surface area contributed by atoms with E-state index < -0.39 is 10.8 Å². The van der Waals surface area contributed by atoms with Crippen molar-refractivity contribution in [1.29, 1.82) is 0 Å². The molecule has 0 fully saturated rings. The highest BCUT2D eigenvalue weighted by Crippen LogP contribution is 2.59. The molecule has 0 unspecified atom stereocenters. The standard InChI is InChI=1S/C90H60N2/c1-7-21-61(22-8-1)63-41-49-75(50-42-63)91(79-57-69-39-37-67-25-19-35-81-85(67)87(69)83(59-79)89(81,71-27-11-3-12-28-71)72-29-13-4-14-30-72)77-53-45-65(46-54-77)66-47-55-78(56-48-66)92(76-51-43-64(44-52-76)62-23-9-2-10-24-62)80-58-70-40-38-68-26-20-36-82-86(68)88(70)84(60-80)90(82,73-31-15-5-16-32-73)74-33-17-6-18-34-74/h1-60H. The minimum Gasteiger partial charge on any atom is -0.310 e. The van der Waals surface area contributed by atoms with Crippen molar-refractivity contribution in [3.8, 4) is 33.4 Å². The molecule has 92 heavy (non-hydrogen) atoms. The Bertz CT molecular complexity index is 5020. The topological polar surface area (TPSA) is 6.48 Å². The van der Waals surface area contributed by atoms with Crippen LogP contribution in [-0.2, 0) is 10.8 Å².